The second-order valence-electron chi connectivity index (χ2n) is 4.84. The molecule has 1 fully saturated rings. The van der Waals surface area contributed by atoms with E-state index in [1.165, 1.54) is 6.07 Å². The fourth-order valence-electron chi connectivity index (χ4n) is 2.53. The number of nitrogens with zero attached hydrogens (tertiary/aromatic N) is 2. The van der Waals surface area contributed by atoms with E-state index < -0.39 is 33.5 Å². The van der Waals surface area contributed by atoms with Gasteiger partial charge in [-0.2, -0.15) is 0 Å². The van der Waals surface area contributed by atoms with Crippen LogP contribution in [-0.4, -0.2) is 27.0 Å². The molecule has 0 radical (unpaired) electrons. The minimum absolute atomic E-state index is 0.101. The average Bonchev–Trinajstić information content (AvgIpc) is 2.87. The largest absolute Gasteiger partial charge is 0.481 e. The van der Waals surface area contributed by atoms with E-state index in [4.69, 9.17) is 5.11 Å². The predicted molar refractivity (Wildman–Crippen MR) is 72.1 cm³/mol. The zero-order chi connectivity index (χ0) is 15.6. The second-order valence-corrected chi connectivity index (χ2v) is 4.84. The Morgan fingerprint density at radius 2 is 1.95 bits per heavy atom. The minimum Gasteiger partial charge on any atom is -0.481 e. The van der Waals surface area contributed by atoms with Crippen LogP contribution in [0.5, 0.6) is 0 Å². The fraction of sp³-hybridized carbons (Fsp3) is 0.417. The Hall–Kier alpha value is -2.71. The number of carboxylic acid groups (broad SMARTS) is 1. The fourth-order valence-corrected chi connectivity index (χ4v) is 2.53. The van der Waals surface area contributed by atoms with Crippen LogP contribution in [0.4, 0.5) is 17.1 Å². The number of nitro benzene ring substituents is 2. The van der Waals surface area contributed by atoms with Crippen molar-refractivity contribution in [1.29, 1.82) is 0 Å². The van der Waals surface area contributed by atoms with Crippen LogP contribution in [0.3, 0.4) is 0 Å². The monoisotopic (exact) mass is 295 g/mol. The van der Waals surface area contributed by atoms with E-state index in [9.17, 15) is 25.0 Å². The molecule has 0 amide bonds. The second kappa shape index (κ2) is 5.73. The zero-order valence-corrected chi connectivity index (χ0v) is 10.9. The lowest BCUT2D eigenvalue weighted by atomic mass is 10.0. The summed E-state index contributed by atoms with van der Waals surface area (Å²) in [6, 6.07) is 2.85. The summed E-state index contributed by atoms with van der Waals surface area (Å²) in [5.41, 5.74) is -0.711. The third kappa shape index (κ3) is 3.07. The predicted octanol–water partition coefficient (Wildman–Crippen LogP) is 2.17. The van der Waals surface area contributed by atoms with Crippen molar-refractivity contribution in [2.24, 2.45) is 5.92 Å². The van der Waals surface area contributed by atoms with E-state index in [-0.39, 0.29) is 11.4 Å². The lowest BCUT2D eigenvalue weighted by Gasteiger charge is -2.18. The summed E-state index contributed by atoms with van der Waals surface area (Å²) in [5, 5.41) is 33.6. The van der Waals surface area contributed by atoms with Crippen LogP contribution < -0.4 is 5.32 Å². The molecule has 9 heteroatoms. The first-order valence-electron chi connectivity index (χ1n) is 6.32. The van der Waals surface area contributed by atoms with Gasteiger partial charge < -0.3 is 10.4 Å². The maximum atomic E-state index is 11.1. The molecule has 0 aliphatic heterocycles. The van der Waals surface area contributed by atoms with Crippen molar-refractivity contribution < 1.29 is 19.7 Å². The molecule has 2 unspecified atom stereocenters. The van der Waals surface area contributed by atoms with Gasteiger partial charge in [-0.05, 0) is 18.9 Å². The number of benzene rings is 1. The molecule has 0 heterocycles. The van der Waals surface area contributed by atoms with Crippen LogP contribution in [0.25, 0.3) is 0 Å². The molecule has 1 aromatic carbocycles. The lowest BCUT2D eigenvalue weighted by Crippen LogP contribution is -2.30. The summed E-state index contributed by atoms with van der Waals surface area (Å²) >= 11 is 0. The van der Waals surface area contributed by atoms with Crippen molar-refractivity contribution in [2.45, 2.75) is 25.3 Å². The topological polar surface area (TPSA) is 136 Å². The van der Waals surface area contributed by atoms with E-state index >= 15 is 0 Å². The molecular formula is C12H13N3O6. The molecule has 0 bridgehead atoms. The highest BCUT2D eigenvalue weighted by atomic mass is 16.6. The number of hydrogen-bond donors (Lipinski definition) is 2. The number of nitro groups is 2. The third-order valence-electron chi connectivity index (χ3n) is 3.56. The smallest absolute Gasteiger partial charge is 0.308 e. The minimum atomic E-state index is -0.949. The molecule has 0 aromatic heterocycles. The highest BCUT2D eigenvalue weighted by Crippen LogP contribution is 2.34. The van der Waals surface area contributed by atoms with E-state index in [1.807, 2.05) is 0 Å². The van der Waals surface area contributed by atoms with Gasteiger partial charge in [-0.1, -0.05) is 6.42 Å². The first-order valence-corrected chi connectivity index (χ1v) is 6.32. The Bertz CT molecular complexity index is 603. The highest BCUT2D eigenvalue weighted by molar-refractivity contribution is 5.73. The van der Waals surface area contributed by atoms with Crippen molar-refractivity contribution in [2.75, 3.05) is 5.32 Å². The summed E-state index contributed by atoms with van der Waals surface area (Å²) in [6.45, 7) is 0. The SMILES string of the molecule is O=C(O)C1CCCC1Nc1ccc([N+](=O)[O-])cc1[N+](=O)[O-]. The average molecular weight is 295 g/mol. The number of hydrogen-bond acceptors (Lipinski definition) is 6. The van der Waals surface area contributed by atoms with Gasteiger partial charge in [0.15, 0.2) is 0 Å². The number of anilines is 1. The summed E-state index contributed by atoms with van der Waals surface area (Å²) < 4.78 is 0. The number of nitrogens with one attached hydrogen (secondary N) is 1. The van der Waals surface area contributed by atoms with E-state index in [1.54, 1.807) is 0 Å². The number of aliphatic carboxylic acids is 1. The Kier molecular flexibility index (Phi) is 4.01. The first-order chi connectivity index (χ1) is 9.90. The van der Waals surface area contributed by atoms with Crippen molar-refractivity contribution in [3.63, 3.8) is 0 Å². The molecule has 9 nitrogen and oxygen atoms in total. The van der Waals surface area contributed by atoms with Crippen LogP contribution in [0, 0.1) is 26.1 Å². The normalized spacial score (nSPS) is 21.0. The molecule has 0 spiro atoms. The number of non-ortho nitro benzene ring substituents is 1. The summed E-state index contributed by atoms with van der Waals surface area (Å²) in [4.78, 5) is 31.3. The maximum absolute atomic E-state index is 11.1. The molecule has 1 saturated carbocycles. The molecule has 2 atom stereocenters. The van der Waals surface area contributed by atoms with E-state index in [0.29, 0.717) is 12.8 Å². The van der Waals surface area contributed by atoms with E-state index in [0.717, 1.165) is 18.6 Å². The first kappa shape index (κ1) is 14.7. The van der Waals surface area contributed by atoms with Crippen LogP contribution >= 0.6 is 0 Å². The van der Waals surface area contributed by atoms with Crippen LogP contribution in [-0.2, 0) is 4.79 Å². The van der Waals surface area contributed by atoms with Gasteiger partial charge in [-0.3, -0.25) is 25.0 Å². The van der Waals surface area contributed by atoms with Gasteiger partial charge in [0, 0.05) is 12.1 Å². The Morgan fingerprint density at radius 1 is 1.24 bits per heavy atom. The molecule has 2 N–H and O–H groups in total. The molecule has 112 valence electrons. The summed E-state index contributed by atoms with van der Waals surface area (Å²) in [5.74, 6) is -1.56. The van der Waals surface area contributed by atoms with E-state index in [2.05, 4.69) is 5.32 Å². The Labute approximate surface area is 118 Å². The zero-order valence-electron chi connectivity index (χ0n) is 10.9. The van der Waals surface area contributed by atoms with Gasteiger partial charge in [-0.25, -0.2) is 0 Å². The van der Waals surface area contributed by atoms with Crippen LogP contribution in [0.2, 0.25) is 0 Å². The Morgan fingerprint density at radius 3 is 2.52 bits per heavy atom. The quantitative estimate of drug-likeness (QED) is 0.627. The number of carbonyl (C=O) groups is 1. The summed E-state index contributed by atoms with van der Waals surface area (Å²) in [6.07, 6.45) is 1.81. The van der Waals surface area contributed by atoms with Crippen molar-refractivity contribution in [1.82, 2.24) is 0 Å². The molecule has 1 aliphatic carbocycles. The van der Waals surface area contributed by atoms with Gasteiger partial charge in [0.1, 0.15) is 5.69 Å². The lowest BCUT2D eigenvalue weighted by molar-refractivity contribution is -0.393. The van der Waals surface area contributed by atoms with Gasteiger partial charge in [0.05, 0.1) is 21.8 Å². The van der Waals surface area contributed by atoms with Gasteiger partial charge in [0.2, 0.25) is 0 Å². The van der Waals surface area contributed by atoms with Gasteiger partial charge in [-0.15, -0.1) is 0 Å². The molecule has 1 aromatic rings. The molecule has 2 rings (SSSR count). The number of carboxylic acids is 1. The van der Waals surface area contributed by atoms with Crippen molar-refractivity contribution >= 4 is 23.0 Å². The number of rotatable bonds is 5. The highest BCUT2D eigenvalue weighted by Gasteiger charge is 2.34. The van der Waals surface area contributed by atoms with Crippen LogP contribution in [0.1, 0.15) is 19.3 Å². The molecule has 1 aliphatic rings. The summed E-state index contributed by atoms with van der Waals surface area (Å²) in [7, 11) is 0. The molecule has 21 heavy (non-hydrogen) atoms. The maximum Gasteiger partial charge on any atom is 0.308 e. The van der Waals surface area contributed by atoms with Crippen molar-refractivity contribution in [3.8, 4) is 0 Å². The molecular weight excluding hydrogens is 282 g/mol. The van der Waals surface area contributed by atoms with Gasteiger partial charge in [0.25, 0.3) is 11.4 Å². The molecule has 0 saturated heterocycles. The standard InChI is InChI=1S/C12H13N3O6/c16-12(17)8-2-1-3-9(8)13-10-5-4-7(14(18)19)6-11(10)15(20)21/h4-6,8-9,13H,1-3H2,(H,16,17). The van der Waals surface area contributed by atoms with Crippen molar-refractivity contribution in [3.05, 3.63) is 38.4 Å². The Balaban J connectivity index is 2.29. The van der Waals surface area contributed by atoms with Gasteiger partial charge >= 0.3 is 5.97 Å². The van der Waals surface area contributed by atoms with Crippen LogP contribution in [0.15, 0.2) is 18.2 Å². The third-order valence-corrected chi connectivity index (χ3v) is 3.56.